The summed E-state index contributed by atoms with van der Waals surface area (Å²) in [6.45, 7) is 2.86. The monoisotopic (exact) mass is 351 g/mol. The van der Waals surface area contributed by atoms with Crippen molar-refractivity contribution in [3.05, 3.63) is 52.3 Å². The number of amides is 1. The number of rotatable bonds is 3. The fraction of sp³-hybridized carbons (Fsp3) is 0.250. The van der Waals surface area contributed by atoms with Gasteiger partial charge in [0.1, 0.15) is 5.15 Å². The van der Waals surface area contributed by atoms with Crippen LogP contribution in [0.2, 0.25) is 10.2 Å². The van der Waals surface area contributed by atoms with Crippen molar-refractivity contribution >= 4 is 40.5 Å². The van der Waals surface area contributed by atoms with Gasteiger partial charge < -0.3 is 15.0 Å². The molecule has 7 heteroatoms. The molecule has 1 saturated heterocycles. The van der Waals surface area contributed by atoms with Crippen LogP contribution >= 0.6 is 23.2 Å². The Labute approximate surface area is 144 Å². The Kier molecular flexibility index (Phi) is 5.00. The Bertz CT molecular complexity index is 718. The summed E-state index contributed by atoms with van der Waals surface area (Å²) < 4.78 is 5.37. The molecule has 1 amide bonds. The van der Waals surface area contributed by atoms with Gasteiger partial charge in [0.25, 0.3) is 5.91 Å². The normalized spacial score (nSPS) is 14.6. The van der Waals surface area contributed by atoms with E-state index < -0.39 is 0 Å². The molecule has 120 valence electrons. The molecule has 1 N–H and O–H groups in total. The number of nitrogens with one attached hydrogen (secondary N) is 1. The van der Waals surface area contributed by atoms with Gasteiger partial charge in [0.05, 0.1) is 24.6 Å². The van der Waals surface area contributed by atoms with Gasteiger partial charge in [-0.05, 0) is 30.3 Å². The minimum atomic E-state index is -0.258. The number of hydrogen-bond donors (Lipinski definition) is 1. The number of anilines is 2. The predicted octanol–water partition coefficient (Wildman–Crippen LogP) is 3.48. The lowest BCUT2D eigenvalue weighted by Crippen LogP contribution is -2.36. The van der Waals surface area contributed by atoms with E-state index in [1.807, 2.05) is 12.1 Å². The number of aromatic nitrogens is 1. The van der Waals surface area contributed by atoms with Crippen LogP contribution in [0.1, 0.15) is 10.4 Å². The van der Waals surface area contributed by atoms with Crippen LogP contribution < -0.4 is 10.2 Å². The van der Waals surface area contributed by atoms with E-state index in [0.29, 0.717) is 29.5 Å². The van der Waals surface area contributed by atoms with Gasteiger partial charge in [0, 0.05) is 29.9 Å². The van der Waals surface area contributed by atoms with Crippen LogP contribution in [0.4, 0.5) is 11.4 Å². The van der Waals surface area contributed by atoms with Crippen LogP contribution in [-0.2, 0) is 4.74 Å². The smallest absolute Gasteiger partial charge is 0.255 e. The molecule has 0 radical (unpaired) electrons. The quantitative estimate of drug-likeness (QED) is 0.860. The van der Waals surface area contributed by atoms with Gasteiger partial charge in [-0.25, -0.2) is 4.98 Å². The molecule has 1 fully saturated rings. The molecule has 2 heterocycles. The van der Waals surface area contributed by atoms with Crippen LogP contribution in [0.3, 0.4) is 0 Å². The van der Waals surface area contributed by atoms with Crippen molar-refractivity contribution in [1.82, 2.24) is 4.98 Å². The molecule has 0 aliphatic carbocycles. The summed E-state index contributed by atoms with van der Waals surface area (Å²) in [5, 5.41) is 3.74. The van der Waals surface area contributed by atoms with Crippen molar-refractivity contribution in [2.75, 3.05) is 36.5 Å². The van der Waals surface area contributed by atoms with Crippen molar-refractivity contribution in [3.8, 4) is 0 Å². The fourth-order valence-electron chi connectivity index (χ4n) is 2.43. The van der Waals surface area contributed by atoms with Crippen LogP contribution in [0, 0.1) is 0 Å². The highest BCUT2D eigenvalue weighted by atomic mass is 35.5. The second-order valence-corrected chi connectivity index (χ2v) is 5.91. The molecule has 0 bridgehead atoms. The van der Waals surface area contributed by atoms with Gasteiger partial charge in [-0.15, -0.1) is 0 Å². The van der Waals surface area contributed by atoms with Gasteiger partial charge in [0.15, 0.2) is 0 Å². The molecule has 1 aliphatic heterocycles. The van der Waals surface area contributed by atoms with Crippen molar-refractivity contribution in [2.45, 2.75) is 0 Å². The van der Waals surface area contributed by atoms with Gasteiger partial charge in [0.2, 0.25) is 0 Å². The number of carbonyl (C=O) groups is 1. The molecule has 2 aromatic rings. The first-order chi connectivity index (χ1) is 11.1. The number of morpholine rings is 1. The maximum Gasteiger partial charge on any atom is 0.255 e. The zero-order chi connectivity index (χ0) is 16.2. The molecule has 1 aliphatic rings. The largest absolute Gasteiger partial charge is 0.378 e. The highest BCUT2D eigenvalue weighted by molar-refractivity contribution is 6.31. The van der Waals surface area contributed by atoms with Gasteiger partial charge in [-0.3, -0.25) is 4.79 Å². The number of hydrogen-bond acceptors (Lipinski definition) is 4. The second kappa shape index (κ2) is 7.17. The van der Waals surface area contributed by atoms with Crippen molar-refractivity contribution in [3.63, 3.8) is 0 Å². The lowest BCUT2D eigenvalue weighted by molar-refractivity contribution is 0.102. The molecule has 1 aromatic heterocycles. The highest BCUT2D eigenvalue weighted by Gasteiger charge is 2.17. The van der Waals surface area contributed by atoms with Gasteiger partial charge in [-0.1, -0.05) is 23.2 Å². The number of pyridine rings is 1. The number of carbonyl (C=O) groups excluding carboxylic acids is 1. The molecule has 0 unspecified atom stereocenters. The summed E-state index contributed by atoms with van der Waals surface area (Å²) >= 11 is 11.9. The summed E-state index contributed by atoms with van der Waals surface area (Å²) in [7, 11) is 0. The highest BCUT2D eigenvalue weighted by Crippen LogP contribution is 2.30. The molecule has 5 nitrogen and oxygen atoms in total. The van der Waals surface area contributed by atoms with E-state index in [4.69, 9.17) is 27.9 Å². The fourth-order valence-corrected chi connectivity index (χ4v) is 2.77. The van der Waals surface area contributed by atoms with Gasteiger partial charge in [-0.2, -0.15) is 0 Å². The summed E-state index contributed by atoms with van der Waals surface area (Å²) in [6, 6.07) is 8.59. The van der Waals surface area contributed by atoms with Crippen molar-refractivity contribution in [1.29, 1.82) is 0 Å². The molecule has 0 spiro atoms. The third kappa shape index (κ3) is 3.93. The number of ether oxygens (including phenoxy) is 1. The maximum absolute atomic E-state index is 12.4. The summed E-state index contributed by atoms with van der Waals surface area (Å²) in [4.78, 5) is 18.5. The molecular formula is C16H15Cl2N3O2. The minimum absolute atomic E-state index is 0.258. The third-order valence-electron chi connectivity index (χ3n) is 3.55. The summed E-state index contributed by atoms with van der Waals surface area (Å²) in [5.41, 5.74) is 2.03. The summed E-state index contributed by atoms with van der Waals surface area (Å²) in [5.74, 6) is -0.258. The average Bonchev–Trinajstić information content (AvgIpc) is 2.56. The van der Waals surface area contributed by atoms with Crippen LogP contribution in [-0.4, -0.2) is 37.2 Å². The lowest BCUT2D eigenvalue weighted by Gasteiger charge is -2.30. The molecule has 1 aromatic carbocycles. The minimum Gasteiger partial charge on any atom is -0.378 e. The Balaban J connectivity index is 1.86. The van der Waals surface area contributed by atoms with E-state index >= 15 is 0 Å². The molecular weight excluding hydrogens is 337 g/mol. The molecule has 0 saturated carbocycles. The number of benzene rings is 1. The number of nitrogens with zero attached hydrogens (tertiary/aromatic N) is 2. The van der Waals surface area contributed by atoms with Crippen LogP contribution in [0.25, 0.3) is 0 Å². The summed E-state index contributed by atoms with van der Waals surface area (Å²) in [6.07, 6.45) is 1.50. The number of halogens is 2. The van der Waals surface area contributed by atoms with E-state index in [2.05, 4.69) is 15.2 Å². The molecule has 23 heavy (non-hydrogen) atoms. The average molecular weight is 352 g/mol. The second-order valence-electron chi connectivity index (χ2n) is 5.08. The van der Waals surface area contributed by atoms with Crippen molar-refractivity contribution in [2.24, 2.45) is 0 Å². The Morgan fingerprint density at radius 1 is 1.17 bits per heavy atom. The molecule has 0 atom stereocenters. The van der Waals surface area contributed by atoms with Crippen LogP contribution in [0.15, 0.2) is 36.5 Å². The topological polar surface area (TPSA) is 54.5 Å². The Morgan fingerprint density at radius 2 is 1.96 bits per heavy atom. The zero-order valence-corrected chi connectivity index (χ0v) is 13.8. The first kappa shape index (κ1) is 16.1. The van der Waals surface area contributed by atoms with E-state index in [0.717, 1.165) is 18.8 Å². The standard InChI is InChI=1S/C16H15Cl2N3O2/c17-12-1-2-14(21-5-7-23-8-6-21)13(10-12)20-16(22)11-3-4-19-15(18)9-11/h1-4,9-10H,5-8H2,(H,20,22). The third-order valence-corrected chi connectivity index (χ3v) is 3.99. The Hall–Kier alpha value is -1.82. The van der Waals surface area contributed by atoms with E-state index in [9.17, 15) is 4.79 Å². The van der Waals surface area contributed by atoms with E-state index in [-0.39, 0.29) is 11.1 Å². The van der Waals surface area contributed by atoms with E-state index in [1.54, 1.807) is 12.1 Å². The zero-order valence-electron chi connectivity index (χ0n) is 12.3. The Morgan fingerprint density at radius 3 is 2.70 bits per heavy atom. The van der Waals surface area contributed by atoms with Crippen molar-refractivity contribution < 1.29 is 9.53 Å². The lowest BCUT2D eigenvalue weighted by atomic mass is 10.2. The first-order valence-electron chi connectivity index (χ1n) is 7.18. The SMILES string of the molecule is O=C(Nc1cc(Cl)ccc1N1CCOCC1)c1ccnc(Cl)c1. The van der Waals surface area contributed by atoms with Gasteiger partial charge >= 0.3 is 0 Å². The maximum atomic E-state index is 12.4. The van der Waals surface area contributed by atoms with E-state index in [1.165, 1.54) is 12.3 Å². The first-order valence-corrected chi connectivity index (χ1v) is 7.94. The molecule has 3 rings (SSSR count). The predicted molar refractivity (Wildman–Crippen MR) is 91.7 cm³/mol. The van der Waals surface area contributed by atoms with Crippen LogP contribution in [0.5, 0.6) is 0 Å².